The van der Waals surface area contributed by atoms with E-state index in [4.69, 9.17) is 37.4 Å². The average molecular weight is 398 g/mol. The van der Waals surface area contributed by atoms with Crippen molar-refractivity contribution in [1.29, 1.82) is 0 Å². The smallest absolute Gasteiger partial charge is 0.344 e. The van der Waals surface area contributed by atoms with Crippen LogP contribution in [-0.2, 0) is 9.53 Å². The number of ether oxygens (including phenoxy) is 3. The molecule has 6 nitrogen and oxygen atoms in total. The van der Waals surface area contributed by atoms with E-state index >= 15 is 0 Å². The molecule has 26 heavy (non-hydrogen) atoms. The van der Waals surface area contributed by atoms with Crippen LogP contribution < -0.4 is 14.8 Å². The first-order valence-electron chi connectivity index (χ1n) is 7.67. The van der Waals surface area contributed by atoms with Crippen molar-refractivity contribution in [2.45, 2.75) is 6.92 Å². The van der Waals surface area contributed by atoms with Gasteiger partial charge in [0.25, 0.3) is 5.91 Å². The van der Waals surface area contributed by atoms with Crippen LogP contribution >= 0.6 is 23.2 Å². The van der Waals surface area contributed by atoms with Crippen molar-refractivity contribution in [3.8, 4) is 11.5 Å². The van der Waals surface area contributed by atoms with Crippen LogP contribution in [0.5, 0.6) is 11.5 Å². The Morgan fingerprint density at radius 1 is 1.08 bits per heavy atom. The number of halogens is 2. The molecule has 0 saturated heterocycles. The van der Waals surface area contributed by atoms with Gasteiger partial charge in [-0.15, -0.1) is 0 Å². The number of esters is 1. The lowest BCUT2D eigenvalue weighted by Gasteiger charge is -2.12. The van der Waals surface area contributed by atoms with E-state index in [9.17, 15) is 9.59 Å². The molecule has 2 rings (SSSR count). The van der Waals surface area contributed by atoms with Crippen molar-refractivity contribution in [3.63, 3.8) is 0 Å². The number of benzene rings is 2. The lowest BCUT2D eigenvalue weighted by Crippen LogP contribution is -2.15. The fourth-order valence-corrected chi connectivity index (χ4v) is 2.50. The summed E-state index contributed by atoms with van der Waals surface area (Å²) in [6.07, 6.45) is 0. The van der Waals surface area contributed by atoms with Crippen molar-refractivity contribution in [1.82, 2.24) is 0 Å². The minimum Gasteiger partial charge on any atom is -0.497 e. The fourth-order valence-electron chi connectivity index (χ4n) is 2.01. The topological polar surface area (TPSA) is 73.9 Å². The van der Waals surface area contributed by atoms with Gasteiger partial charge in [-0.3, -0.25) is 4.79 Å². The molecule has 8 heteroatoms. The van der Waals surface area contributed by atoms with Gasteiger partial charge in [-0.25, -0.2) is 4.79 Å². The van der Waals surface area contributed by atoms with Crippen LogP contribution in [0.25, 0.3) is 0 Å². The normalized spacial score (nSPS) is 10.2. The van der Waals surface area contributed by atoms with Crippen LogP contribution in [0.15, 0.2) is 36.4 Å². The average Bonchev–Trinajstić information content (AvgIpc) is 2.63. The van der Waals surface area contributed by atoms with Crippen LogP contribution in [0.3, 0.4) is 0 Å². The third kappa shape index (κ3) is 5.28. The summed E-state index contributed by atoms with van der Waals surface area (Å²) in [7, 11) is 1.54. The summed E-state index contributed by atoms with van der Waals surface area (Å²) in [5.74, 6) is -0.0505. The number of nitrogens with one attached hydrogen (secondary N) is 1. The molecule has 0 unspecified atom stereocenters. The first kappa shape index (κ1) is 19.9. The van der Waals surface area contributed by atoms with E-state index in [1.807, 2.05) is 0 Å². The predicted octanol–water partition coefficient (Wildman–Crippen LogP) is 4.20. The van der Waals surface area contributed by atoms with E-state index in [2.05, 4.69) is 5.32 Å². The highest BCUT2D eigenvalue weighted by Crippen LogP contribution is 2.34. The summed E-state index contributed by atoms with van der Waals surface area (Å²) < 4.78 is 15.2. The molecule has 0 aliphatic rings. The molecule has 0 fully saturated rings. The Kier molecular flexibility index (Phi) is 7.12. The van der Waals surface area contributed by atoms with Crippen molar-refractivity contribution >= 4 is 40.8 Å². The van der Waals surface area contributed by atoms with Crippen LogP contribution in [0, 0.1) is 0 Å². The maximum Gasteiger partial charge on any atom is 0.344 e. The third-order valence-electron chi connectivity index (χ3n) is 3.27. The molecule has 0 spiro atoms. The van der Waals surface area contributed by atoms with E-state index in [0.29, 0.717) is 17.0 Å². The lowest BCUT2D eigenvalue weighted by atomic mass is 10.2. The van der Waals surface area contributed by atoms with Gasteiger partial charge in [0.05, 0.1) is 29.4 Å². The quantitative estimate of drug-likeness (QED) is 0.708. The zero-order valence-corrected chi connectivity index (χ0v) is 15.7. The Bertz CT molecular complexity index is 793. The minimum absolute atomic E-state index is 0.203. The maximum absolute atomic E-state index is 12.4. The van der Waals surface area contributed by atoms with Gasteiger partial charge in [-0.1, -0.05) is 23.2 Å². The summed E-state index contributed by atoms with van der Waals surface area (Å²) in [6, 6.07) is 9.46. The zero-order valence-electron chi connectivity index (χ0n) is 14.2. The summed E-state index contributed by atoms with van der Waals surface area (Å²) in [6.45, 7) is 1.64. The first-order chi connectivity index (χ1) is 12.4. The first-order valence-corrected chi connectivity index (χ1v) is 8.43. The van der Waals surface area contributed by atoms with E-state index in [1.54, 1.807) is 38.3 Å². The molecule has 1 amide bonds. The Labute approximate surface area is 160 Å². The molecular formula is C18H17Cl2NO5. The fraction of sp³-hybridized carbons (Fsp3) is 0.222. The molecule has 138 valence electrons. The highest BCUT2D eigenvalue weighted by Gasteiger charge is 2.14. The number of rotatable bonds is 7. The number of anilines is 1. The number of amides is 1. The molecule has 0 radical (unpaired) electrons. The molecule has 0 bridgehead atoms. The SMILES string of the molecule is CCOC(=O)COc1cc(NC(=O)c2ccc(OC)cc2)c(Cl)cc1Cl. The summed E-state index contributed by atoms with van der Waals surface area (Å²) >= 11 is 12.2. The van der Waals surface area contributed by atoms with E-state index in [0.717, 1.165) is 0 Å². The Hall–Kier alpha value is -2.44. The van der Waals surface area contributed by atoms with Gasteiger partial charge >= 0.3 is 5.97 Å². The third-order valence-corrected chi connectivity index (χ3v) is 3.88. The lowest BCUT2D eigenvalue weighted by molar-refractivity contribution is -0.145. The molecule has 2 aromatic rings. The number of hydrogen-bond donors (Lipinski definition) is 1. The number of carbonyl (C=O) groups excluding carboxylic acids is 2. The highest BCUT2D eigenvalue weighted by atomic mass is 35.5. The van der Waals surface area contributed by atoms with Crippen LogP contribution in [0.2, 0.25) is 10.0 Å². The maximum atomic E-state index is 12.4. The number of methoxy groups -OCH3 is 1. The van der Waals surface area contributed by atoms with Gasteiger partial charge in [0.1, 0.15) is 11.5 Å². The minimum atomic E-state index is -0.526. The second-order valence-corrected chi connectivity index (χ2v) is 5.85. The Morgan fingerprint density at radius 3 is 2.38 bits per heavy atom. The van der Waals surface area contributed by atoms with Crippen molar-refractivity contribution in [2.75, 3.05) is 25.6 Å². The Balaban J connectivity index is 2.13. The van der Waals surface area contributed by atoms with Crippen molar-refractivity contribution in [3.05, 3.63) is 52.0 Å². The standard InChI is InChI=1S/C18H17Cl2NO5/c1-3-25-17(22)10-26-16-9-15(13(19)8-14(16)20)21-18(23)11-4-6-12(24-2)7-5-11/h4-9H,3,10H2,1-2H3,(H,21,23). The van der Waals surface area contributed by atoms with Crippen LogP contribution in [-0.4, -0.2) is 32.2 Å². The van der Waals surface area contributed by atoms with E-state index in [-0.39, 0.29) is 34.9 Å². The van der Waals surface area contributed by atoms with Gasteiger partial charge < -0.3 is 19.5 Å². The van der Waals surface area contributed by atoms with Gasteiger partial charge in [0.2, 0.25) is 0 Å². The van der Waals surface area contributed by atoms with Gasteiger partial charge in [0, 0.05) is 11.6 Å². The van der Waals surface area contributed by atoms with Gasteiger partial charge in [0.15, 0.2) is 6.61 Å². The van der Waals surface area contributed by atoms with Crippen LogP contribution in [0.4, 0.5) is 5.69 Å². The van der Waals surface area contributed by atoms with Gasteiger partial charge in [-0.2, -0.15) is 0 Å². The monoisotopic (exact) mass is 397 g/mol. The molecule has 2 aromatic carbocycles. The highest BCUT2D eigenvalue weighted by molar-refractivity contribution is 6.37. The molecule has 0 heterocycles. The Morgan fingerprint density at radius 2 is 1.77 bits per heavy atom. The van der Waals surface area contributed by atoms with E-state index < -0.39 is 5.97 Å². The van der Waals surface area contributed by atoms with Crippen molar-refractivity contribution < 1.29 is 23.8 Å². The molecule has 0 aromatic heterocycles. The molecule has 0 atom stereocenters. The number of hydrogen-bond acceptors (Lipinski definition) is 5. The molecule has 0 saturated carbocycles. The number of carbonyl (C=O) groups is 2. The second kappa shape index (κ2) is 9.31. The van der Waals surface area contributed by atoms with Gasteiger partial charge in [-0.05, 0) is 37.3 Å². The summed E-state index contributed by atoms with van der Waals surface area (Å²) in [4.78, 5) is 23.8. The molecule has 1 N–H and O–H groups in total. The molecule has 0 aliphatic carbocycles. The summed E-state index contributed by atoms with van der Waals surface area (Å²) in [5.41, 5.74) is 0.724. The van der Waals surface area contributed by atoms with Crippen molar-refractivity contribution in [2.24, 2.45) is 0 Å². The molecule has 0 aliphatic heterocycles. The zero-order chi connectivity index (χ0) is 19.1. The second-order valence-electron chi connectivity index (χ2n) is 5.04. The predicted molar refractivity (Wildman–Crippen MR) is 99.5 cm³/mol. The largest absolute Gasteiger partial charge is 0.497 e. The van der Waals surface area contributed by atoms with Crippen LogP contribution in [0.1, 0.15) is 17.3 Å². The van der Waals surface area contributed by atoms with E-state index in [1.165, 1.54) is 12.1 Å². The summed E-state index contributed by atoms with van der Waals surface area (Å²) in [5, 5.41) is 3.12. The molecular weight excluding hydrogens is 381 g/mol.